The molecule has 0 atom stereocenters. The van der Waals surface area contributed by atoms with E-state index in [2.05, 4.69) is 64.0 Å². The van der Waals surface area contributed by atoms with Crippen molar-refractivity contribution in [2.24, 2.45) is 5.10 Å². The summed E-state index contributed by atoms with van der Waals surface area (Å²) in [5.41, 5.74) is 5.84. The zero-order valence-corrected chi connectivity index (χ0v) is 19.7. The first-order valence-electron chi connectivity index (χ1n) is 10.3. The van der Waals surface area contributed by atoms with Crippen LogP contribution in [-0.4, -0.2) is 41.1 Å². The summed E-state index contributed by atoms with van der Waals surface area (Å²) in [5, 5.41) is 5.47. The van der Waals surface area contributed by atoms with E-state index in [0.29, 0.717) is 26.6 Å². The molecule has 0 aromatic heterocycles. The third kappa shape index (κ3) is 5.93. The van der Waals surface area contributed by atoms with Crippen LogP contribution in [0.5, 0.6) is 0 Å². The Kier molecular flexibility index (Phi) is 7.87. The molecule has 1 aliphatic heterocycles. The lowest BCUT2D eigenvalue weighted by Gasteiger charge is -2.44. The molecule has 1 aliphatic rings. The van der Waals surface area contributed by atoms with Crippen LogP contribution in [0.4, 0.5) is 0 Å². The summed E-state index contributed by atoms with van der Waals surface area (Å²) in [5.74, 6) is 0.239. The first-order chi connectivity index (χ1) is 15.6. The van der Waals surface area contributed by atoms with Gasteiger partial charge in [0, 0.05) is 28.9 Å². The van der Waals surface area contributed by atoms with Crippen molar-refractivity contribution in [3.8, 4) is 0 Å². The number of nitrogens with zero attached hydrogens (tertiary/aromatic N) is 2. The highest BCUT2D eigenvalue weighted by atomic mass is 35.5. The van der Waals surface area contributed by atoms with Crippen LogP contribution in [0, 0.1) is 0 Å². The van der Waals surface area contributed by atoms with Gasteiger partial charge in [0.2, 0.25) is 5.91 Å². The van der Waals surface area contributed by atoms with Gasteiger partial charge in [-0.1, -0.05) is 89.9 Å². The zero-order chi connectivity index (χ0) is 22.3. The first-order valence-corrected chi connectivity index (χ1v) is 12.1. The number of hydrogen-bond donors (Lipinski definition) is 1. The second-order valence-corrected chi connectivity index (χ2v) is 9.70. The Balaban J connectivity index is 1.27. The number of amides is 1. The summed E-state index contributed by atoms with van der Waals surface area (Å²) in [6.45, 7) is 1.88. The Bertz CT molecular complexity index is 1030. The number of hydrazone groups is 1. The third-order valence-corrected chi connectivity index (χ3v) is 7.04. The second-order valence-electron chi connectivity index (χ2n) is 7.57. The van der Waals surface area contributed by atoms with Crippen LogP contribution in [0.3, 0.4) is 0 Å². The van der Waals surface area contributed by atoms with E-state index in [-0.39, 0.29) is 11.9 Å². The second kappa shape index (κ2) is 11.0. The molecule has 0 unspecified atom stereocenters. The highest BCUT2D eigenvalue weighted by Gasteiger charge is 2.34. The minimum Gasteiger partial charge on any atom is -0.290 e. The fraction of sp³-hybridized carbons (Fsp3) is 0.200. The van der Waals surface area contributed by atoms with E-state index in [9.17, 15) is 4.79 Å². The molecule has 0 radical (unpaired) electrons. The monoisotopic (exact) mass is 483 g/mol. The Labute approximate surface area is 202 Å². The highest BCUT2D eigenvalue weighted by Crippen LogP contribution is 2.35. The number of nitrogens with one attached hydrogen (secondary N) is 1. The molecule has 1 heterocycles. The largest absolute Gasteiger partial charge is 0.290 e. The number of likely N-dealkylation sites (tertiary alicyclic amines) is 1. The minimum atomic E-state index is -0.127. The summed E-state index contributed by atoms with van der Waals surface area (Å²) in [6, 6.07) is 26.5. The van der Waals surface area contributed by atoms with Crippen LogP contribution >= 0.6 is 35.0 Å². The Morgan fingerprint density at radius 2 is 1.66 bits per heavy atom. The summed E-state index contributed by atoms with van der Waals surface area (Å²) >= 11 is 13.7. The topological polar surface area (TPSA) is 44.7 Å². The molecule has 164 valence electrons. The quantitative estimate of drug-likeness (QED) is 0.332. The molecule has 4 rings (SSSR count). The average molecular weight is 484 g/mol. The molecule has 7 heteroatoms. The van der Waals surface area contributed by atoms with E-state index in [0.717, 1.165) is 13.1 Å². The Hall–Kier alpha value is -2.31. The van der Waals surface area contributed by atoms with Crippen molar-refractivity contribution >= 4 is 47.1 Å². The fourth-order valence-electron chi connectivity index (χ4n) is 3.68. The number of carbonyl (C=O) groups is 1. The predicted octanol–water partition coefficient (Wildman–Crippen LogP) is 5.65. The van der Waals surface area contributed by atoms with Crippen molar-refractivity contribution in [2.75, 3.05) is 18.8 Å². The number of carbonyl (C=O) groups excluding carboxylic acids is 1. The average Bonchev–Trinajstić information content (AvgIpc) is 2.78. The molecule has 3 aromatic carbocycles. The molecule has 0 saturated carbocycles. The molecule has 1 N–H and O–H groups in total. The van der Waals surface area contributed by atoms with Gasteiger partial charge in [0.1, 0.15) is 0 Å². The lowest BCUT2D eigenvalue weighted by atomic mass is 9.94. The molecular formula is C25H23Cl2N3OS. The SMILES string of the molecule is O=C(CSC1CN(C(c2ccccc2)c2ccccc2)C1)N/N=C/c1ccc(Cl)cc1Cl. The maximum absolute atomic E-state index is 12.2. The number of rotatable bonds is 8. The fourth-order valence-corrected chi connectivity index (χ4v) is 5.18. The van der Waals surface area contributed by atoms with E-state index in [1.807, 2.05) is 12.1 Å². The van der Waals surface area contributed by atoms with E-state index >= 15 is 0 Å². The number of thioether (sulfide) groups is 1. The summed E-state index contributed by atoms with van der Waals surface area (Å²) in [4.78, 5) is 14.6. The molecule has 32 heavy (non-hydrogen) atoms. The zero-order valence-electron chi connectivity index (χ0n) is 17.3. The van der Waals surface area contributed by atoms with Gasteiger partial charge < -0.3 is 0 Å². The van der Waals surface area contributed by atoms with Gasteiger partial charge in [-0.2, -0.15) is 5.10 Å². The summed E-state index contributed by atoms with van der Waals surface area (Å²) in [7, 11) is 0. The highest BCUT2D eigenvalue weighted by molar-refractivity contribution is 8.00. The van der Waals surface area contributed by atoms with E-state index in [1.54, 1.807) is 30.0 Å². The van der Waals surface area contributed by atoms with Crippen molar-refractivity contribution in [3.05, 3.63) is 106 Å². The van der Waals surface area contributed by atoms with E-state index < -0.39 is 0 Å². The van der Waals surface area contributed by atoms with Crippen LogP contribution in [-0.2, 0) is 4.79 Å². The van der Waals surface area contributed by atoms with Gasteiger partial charge >= 0.3 is 0 Å². The van der Waals surface area contributed by atoms with Gasteiger partial charge in [0.15, 0.2) is 0 Å². The van der Waals surface area contributed by atoms with Crippen molar-refractivity contribution in [1.29, 1.82) is 0 Å². The lowest BCUT2D eigenvalue weighted by molar-refractivity contribution is -0.118. The number of benzene rings is 3. The third-order valence-electron chi connectivity index (χ3n) is 5.28. The standard InChI is InChI=1S/C25H23Cl2N3OS/c26-21-12-11-20(23(27)13-21)14-28-29-24(31)17-32-22-15-30(16-22)25(18-7-3-1-4-8-18)19-9-5-2-6-10-19/h1-14,22,25H,15-17H2,(H,29,31)/b28-14+. The minimum absolute atomic E-state index is 0.127. The summed E-state index contributed by atoms with van der Waals surface area (Å²) in [6.07, 6.45) is 1.52. The van der Waals surface area contributed by atoms with Crippen molar-refractivity contribution in [3.63, 3.8) is 0 Å². The molecule has 0 bridgehead atoms. The predicted molar refractivity (Wildman–Crippen MR) is 135 cm³/mol. The van der Waals surface area contributed by atoms with Crippen molar-refractivity contribution < 1.29 is 4.79 Å². The van der Waals surface area contributed by atoms with Crippen LogP contribution in [0.2, 0.25) is 10.0 Å². The van der Waals surface area contributed by atoms with Crippen LogP contribution in [0.25, 0.3) is 0 Å². The Morgan fingerprint density at radius 3 is 2.25 bits per heavy atom. The number of hydrogen-bond acceptors (Lipinski definition) is 4. The first kappa shape index (κ1) is 22.9. The molecule has 0 aliphatic carbocycles. The molecule has 0 spiro atoms. The maximum Gasteiger partial charge on any atom is 0.250 e. The molecule has 4 nitrogen and oxygen atoms in total. The number of halogens is 2. The van der Waals surface area contributed by atoms with Crippen molar-refractivity contribution in [1.82, 2.24) is 10.3 Å². The van der Waals surface area contributed by atoms with Gasteiger partial charge in [0.05, 0.1) is 23.0 Å². The molecule has 3 aromatic rings. The van der Waals surface area contributed by atoms with Gasteiger partial charge in [0.25, 0.3) is 0 Å². The lowest BCUT2D eigenvalue weighted by Crippen LogP contribution is -2.51. The van der Waals surface area contributed by atoms with Gasteiger partial charge in [-0.15, -0.1) is 11.8 Å². The smallest absolute Gasteiger partial charge is 0.250 e. The van der Waals surface area contributed by atoms with Gasteiger partial charge in [-0.3, -0.25) is 9.69 Å². The molecular weight excluding hydrogens is 461 g/mol. The normalized spacial score (nSPS) is 14.6. The van der Waals surface area contributed by atoms with Crippen LogP contribution in [0.15, 0.2) is 84.0 Å². The molecule has 1 fully saturated rings. The maximum atomic E-state index is 12.2. The van der Waals surface area contributed by atoms with Gasteiger partial charge in [-0.05, 0) is 23.3 Å². The summed E-state index contributed by atoms with van der Waals surface area (Å²) < 4.78 is 0. The van der Waals surface area contributed by atoms with E-state index in [4.69, 9.17) is 23.2 Å². The van der Waals surface area contributed by atoms with Crippen LogP contribution < -0.4 is 5.43 Å². The Morgan fingerprint density at radius 1 is 1.03 bits per heavy atom. The van der Waals surface area contributed by atoms with Gasteiger partial charge in [-0.25, -0.2) is 5.43 Å². The van der Waals surface area contributed by atoms with Crippen molar-refractivity contribution in [2.45, 2.75) is 11.3 Å². The molecule has 1 amide bonds. The van der Waals surface area contributed by atoms with E-state index in [1.165, 1.54) is 17.3 Å². The molecule has 1 saturated heterocycles. The van der Waals surface area contributed by atoms with Crippen LogP contribution in [0.1, 0.15) is 22.7 Å².